The summed E-state index contributed by atoms with van der Waals surface area (Å²) in [6.45, 7) is 1.53. The first-order valence-electron chi connectivity index (χ1n) is 6.65. The van der Waals surface area contributed by atoms with Crippen molar-refractivity contribution in [2.45, 2.75) is 24.1 Å². The standard InChI is InChI=1S/C13H19BrN2O3S2/c1-16(8-10-7-11(14)20-9-10)12(17)13(21(2,18)19)3-5-15-6-4-13/h7,9,15H,3-6,8H2,1-2H3. The number of nitrogens with zero attached hydrogens (tertiary/aromatic N) is 1. The Balaban J connectivity index is 2.22. The fraction of sp³-hybridized carbons (Fsp3) is 0.615. The third-order valence-electron chi connectivity index (χ3n) is 3.90. The van der Waals surface area contributed by atoms with Crippen molar-refractivity contribution in [3.63, 3.8) is 0 Å². The molecule has 1 fully saturated rings. The number of piperidine rings is 1. The van der Waals surface area contributed by atoms with Crippen molar-refractivity contribution in [1.82, 2.24) is 10.2 Å². The number of rotatable bonds is 4. The van der Waals surface area contributed by atoms with Gasteiger partial charge in [0.15, 0.2) is 14.6 Å². The Kier molecular flexibility index (Phi) is 5.12. The maximum Gasteiger partial charge on any atom is 0.244 e. The second kappa shape index (κ2) is 6.36. The molecule has 21 heavy (non-hydrogen) atoms. The molecule has 0 saturated carbocycles. The third kappa shape index (κ3) is 3.49. The molecule has 1 aliphatic heterocycles. The summed E-state index contributed by atoms with van der Waals surface area (Å²) >= 11 is 4.94. The van der Waals surface area contributed by atoms with Crippen molar-refractivity contribution in [3.8, 4) is 0 Å². The highest BCUT2D eigenvalue weighted by molar-refractivity contribution is 9.11. The minimum atomic E-state index is -3.46. The van der Waals surface area contributed by atoms with E-state index >= 15 is 0 Å². The summed E-state index contributed by atoms with van der Waals surface area (Å²) in [6, 6.07) is 1.95. The highest BCUT2D eigenvalue weighted by Crippen LogP contribution is 2.30. The van der Waals surface area contributed by atoms with Gasteiger partial charge >= 0.3 is 0 Å². The highest BCUT2D eigenvalue weighted by atomic mass is 79.9. The summed E-state index contributed by atoms with van der Waals surface area (Å²) in [5, 5.41) is 5.08. The van der Waals surface area contributed by atoms with Gasteiger partial charge in [0, 0.05) is 19.8 Å². The van der Waals surface area contributed by atoms with Crippen LogP contribution >= 0.6 is 27.3 Å². The van der Waals surface area contributed by atoms with Crippen LogP contribution in [-0.2, 0) is 21.2 Å². The van der Waals surface area contributed by atoms with Crippen LogP contribution in [0.2, 0.25) is 0 Å². The number of hydrogen-bond donors (Lipinski definition) is 1. The van der Waals surface area contributed by atoms with Gasteiger partial charge in [0.1, 0.15) is 0 Å². The number of sulfone groups is 1. The number of thiophene rings is 1. The van der Waals surface area contributed by atoms with Gasteiger partial charge in [0.05, 0.1) is 3.79 Å². The van der Waals surface area contributed by atoms with Crippen molar-refractivity contribution < 1.29 is 13.2 Å². The Hall–Kier alpha value is -0.440. The summed E-state index contributed by atoms with van der Waals surface area (Å²) < 4.78 is 24.2. The lowest BCUT2D eigenvalue weighted by Gasteiger charge is -2.37. The van der Waals surface area contributed by atoms with Crippen molar-refractivity contribution in [2.75, 3.05) is 26.4 Å². The van der Waals surface area contributed by atoms with Crippen LogP contribution in [0.15, 0.2) is 15.2 Å². The molecule has 0 radical (unpaired) electrons. The Bertz CT molecular complexity index is 621. The van der Waals surface area contributed by atoms with E-state index in [4.69, 9.17) is 0 Å². The topological polar surface area (TPSA) is 66.5 Å². The van der Waals surface area contributed by atoms with Crippen LogP contribution in [-0.4, -0.2) is 50.4 Å². The van der Waals surface area contributed by atoms with E-state index in [0.29, 0.717) is 32.5 Å². The first-order valence-corrected chi connectivity index (χ1v) is 10.2. The van der Waals surface area contributed by atoms with Crippen LogP contribution in [0.5, 0.6) is 0 Å². The molecule has 1 amide bonds. The van der Waals surface area contributed by atoms with Crippen LogP contribution in [0.4, 0.5) is 0 Å². The van der Waals surface area contributed by atoms with Crippen LogP contribution in [0.25, 0.3) is 0 Å². The summed E-state index contributed by atoms with van der Waals surface area (Å²) in [7, 11) is -1.79. The Morgan fingerprint density at radius 2 is 2.10 bits per heavy atom. The quantitative estimate of drug-likeness (QED) is 0.842. The highest BCUT2D eigenvalue weighted by Gasteiger charge is 2.49. The van der Waals surface area contributed by atoms with E-state index in [1.807, 2.05) is 11.4 Å². The molecule has 1 aromatic heterocycles. The van der Waals surface area contributed by atoms with Gasteiger partial charge in [-0.2, -0.15) is 0 Å². The van der Waals surface area contributed by atoms with E-state index in [2.05, 4.69) is 21.2 Å². The summed E-state index contributed by atoms with van der Waals surface area (Å²) in [6.07, 6.45) is 1.84. The molecule has 2 rings (SSSR count). The Morgan fingerprint density at radius 3 is 2.57 bits per heavy atom. The molecule has 0 aliphatic carbocycles. The lowest BCUT2D eigenvalue weighted by atomic mass is 9.95. The zero-order valence-electron chi connectivity index (χ0n) is 12.1. The average Bonchev–Trinajstić information content (AvgIpc) is 2.82. The molecule has 0 atom stereocenters. The Labute approximate surface area is 137 Å². The Morgan fingerprint density at radius 1 is 1.48 bits per heavy atom. The van der Waals surface area contributed by atoms with Crippen molar-refractivity contribution in [2.24, 2.45) is 0 Å². The van der Waals surface area contributed by atoms with Gasteiger partial charge in [-0.3, -0.25) is 4.79 Å². The van der Waals surface area contributed by atoms with Gasteiger partial charge in [0.25, 0.3) is 0 Å². The summed E-state index contributed by atoms with van der Waals surface area (Å²) in [5.41, 5.74) is 1.00. The zero-order chi connectivity index (χ0) is 15.7. The van der Waals surface area contributed by atoms with E-state index in [1.165, 1.54) is 11.2 Å². The number of halogens is 1. The molecule has 0 bridgehead atoms. The smallest absolute Gasteiger partial charge is 0.244 e. The van der Waals surface area contributed by atoms with Gasteiger partial charge in [-0.05, 0) is 58.9 Å². The molecule has 1 aliphatic rings. The van der Waals surface area contributed by atoms with E-state index in [0.717, 1.165) is 9.35 Å². The van der Waals surface area contributed by atoms with Gasteiger partial charge in [0.2, 0.25) is 5.91 Å². The second-order valence-electron chi connectivity index (χ2n) is 5.44. The molecule has 1 aromatic rings. The van der Waals surface area contributed by atoms with Crippen LogP contribution in [0, 0.1) is 0 Å². The normalized spacial score (nSPS) is 18.4. The molecule has 0 aromatic carbocycles. The largest absolute Gasteiger partial charge is 0.340 e. The average molecular weight is 395 g/mol. The molecule has 2 heterocycles. The van der Waals surface area contributed by atoms with E-state index < -0.39 is 14.6 Å². The van der Waals surface area contributed by atoms with Gasteiger partial charge in [-0.15, -0.1) is 11.3 Å². The van der Waals surface area contributed by atoms with E-state index in [-0.39, 0.29) is 5.91 Å². The zero-order valence-corrected chi connectivity index (χ0v) is 15.3. The van der Waals surface area contributed by atoms with Gasteiger partial charge in [-0.1, -0.05) is 0 Å². The summed E-state index contributed by atoms with van der Waals surface area (Å²) in [5.74, 6) is -0.297. The SMILES string of the molecule is CN(Cc1csc(Br)c1)C(=O)C1(S(C)(=O)=O)CCNCC1. The maximum absolute atomic E-state index is 12.8. The molecule has 8 heteroatoms. The monoisotopic (exact) mass is 394 g/mol. The second-order valence-corrected chi connectivity index (χ2v) is 10.1. The number of amides is 1. The molecule has 118 valence electrons. The van der Waals surface area contributed by atoms with Crippen molar-refractivity contribution in [3.05, 3.63) is 20.8 Å². The fourth-order valence-corrected chi connectivity index (χ4v) is 5.32. The minimum Gasteiger partial charge on any atom is -0.340 e. The molecule has 1 N–H and O–H groups in total. The predicted octanol–water partition coefficient (Wildman–Crippen LogP) is 1.64. The lowest BCUT2D eigenvalue weighted by molar-refractivity contribution is -0.134. The molecule has 0 unspecified atom stereocenters. The number of carbonyl (C=O) groups excluding carboxylic acids is 1. The number of nitrogens with one attached hydrogen (secondary N) is 1. The maximum atomic E-state index is 12.8. The third-order valence-corrected chi connectivity index (χ3v) is 7.45. The first kappa shape index (κ1) is 16.9. The van der Waals surface area contributed by atoms with Gasteiger partial charge < -0.3 is 10.2 Å². The fourth-order valence-electron chi connectivity index (χ4n) is 2.70. The molecule has 0 spiro atoms. The molecule has 5 nitrogen and oxygen atoms in total. The lowest BCUT2D eigenvalue weighted by Crippen LogP contribution is -2.57. The van der Waals surface area contributed by atoms with Crippen molar-refractivity contribution >= 4 is 43.0 Å². The molecular formula is C13H19BrN2O3S2. The van der Waals surface area contributed by atoms with Crippen LogP contribution in [0.3, 0.4) is 0 Å². The predicted molar refractivity (Wildman–Crippen MR) is 88.2 cm³/mol. The van der Waals surface area contributed by atoms with Crippen LogP contribution < -0.4 is 5.32 Å². The first-order chi connectivity index (χ1) is 9.76. The minimum absolute atomic E-state index is 0.297. The molecule has 1 saturated heterocycles. The van der Waals surface area contributed by atoms with Crippen molar-refractivity contribution in [1.29, 1.82) is 0 Å². The van der Waals surface area contributed by atoms with Crippen LogP contribution in [0.1, 0.15) is 18.4 Å². The summed E-state index contributed by atoms with van der Waals surface area (Å²) in [4.78, 5) is 14.3. The van der Waals surface area contributed by atoms with Gasteiger partial charge in [-0.25, -0.2) is 8.42 Å². The van der Waals surface area contributed by atoms with E-state index in [9.17, 15) is 13.2 Å². The van der Waals surface area contributed by atoms with E-state index in [1.54, 1.807) is 18.4 Å². The number of hydrogen-bond acceptors (Lipinski definition) is 5. The number of carbonyl (C=O) groups is 1. The molecular weight excluding hydrogens is 376 g/mol.